The van der Waals surface area contributed by atoms with Gasteiger partial charge in [-0.15, -0.1) is 0 Å². The number of halogens is 6. The zero-order valence-corrected chi connectivity index (χ0v) is 59.3. The Kier molecular flexibility index (Phi) is 23.5. The number of nitrogens with one attached hydrogen (secondary N) is 3. The predicted molar refractivity (Wildman–Crippen MR) is 383 cm³/mol. The summed E-state index contributed by atoms with van der Waals surface area (Å²) in [6.45, 7) is 15.7. The molecule has 1 unspecified atom stereocenters. The zero-order chi connectivity index (χ0) is 74.1. The first-order valence-electron chi connectivity index (χ1n) is 36.3. The molecule has 0 spiro atoms. The Bertz CT molecular complexity index is 4890. The monoisotopic (exact) mass is 1470 g/mol. The molecular weight excluding hydrogens is 1380 g/mol. The predicted octanol–water partition coefficient (Wildman–Crippen LogP) is 12.7. The third kappa shape index (κ3) is 18.0. The second kappa shape index (κ2) is 33.4. The van der Waals surface area contributed by atoms with Crippen molar-refractivity contribution in [3.05, 3.63) is 175 Å². The van der Waals surface area contributed by atoms with Crippen LogP contribution in [-0.2, 0) is 50.8 Å². The molecule has 16 rings (SSSR count). The molecule has 0 bridgehead atoms. The molecule has 3 N–H and O–H groups in total. The average Bonchev–Trinajstić information content (AvgIpc) is 1.64. The number of hydrogen-bond donors (Lipinski definition) is 3. The van der Waals surface area contributed by atoms with Crippen molar-refractivity contribution in [1.82, 2.24) is 74.0 Å². The molecule has 1 atom stereocenters. The topological polar surface area (TPSA) is 289 Å². The van der Waals surface area contributed by atoms with E-state index in [9.17, 15) is 40.7 Å². The summed E-state index contributed by atoms with van der Waals surface area (Å²) < 4.78 is 119. The molecule has 8 aromatic heterocycles. The summed E-state index contributed by atoms with van der Waals surface area (Å²) in [6.07, 6.45) is 9.34. The van der Waals surface area contributed by atoms with E-state index in [2.05, 4.69) is 56.9 Å². The molecule has 0 radical (unpaired) electrons. The quantitative estimate of drug-likeness (QED) is 0.0673. The van der Waals surface area contributed by atoms with E-state index in [4.69, 9.17) is 38.4 Å². The Morgan fingerprint density at radius 2 is 1.00 bits per heavy atom. The maximum Gasteiger partial charge on any atom is 0.418 e. The van der Waals surface area contributed by atoms with Crippen molar-refractivity contribution in [2.75, 3.05) is 59.5 Å². The number of hydrogen-bond acceptors (Lipinski definition) is 18. The molecule has 106 heavy (non-hydrogen) atoms. The zero-order valence-electron chi connectivity index (χ0n) is 59.3. The van der Waals surface area contributed by atoms with E-state index in [0.29, 0.717) is 134 Å². The van der Waals surface area contributed by atoms with Crippen LogP contribution in [0.4, 0.5) is 32.2 Å². The summed E-state index contributed by atoms with van der Waals surface area (Å²) >= 11 is 0. The van der Waals surface area contributed by atoms with Crippen LogP contribution in [0.15, 0.2) is 118 Å². The van der Waals surface area contributed by atoms with Crippen molar-refractivity contribution in [3.8, 4) is 11.5 Å². The van der Waals surface area contributed by atoms with Crippen LogP contribution < -0.4 is 26.2 Å². The van der Waals surface area contributed by atoms with E-state index in [1.807, 2.05) is 76.4 Å². The van der Waals surface area contributed by atoms with E-state index >= 15 is 0 Å². The molecule has 0 amide bonds. The number of pyridine rings is 1. The van der Waals surface area contributed by atoms with Crippen LogP contribution in [0.1, 0.15) is 167 Å². The maximum absolute atomic E-state index is 13.3. The van der Waals surface area contributed by atoms with Gasteiger partial charge in [-0.3, -0.25) is 19.4 Å². The van der Waals surface area contributed by atoms with Crippen LogP contribution in [0.25, 0.3) is 38.7 Å². The Labute approximate surface area is 605 Å². The molecule has 13 heterocycles. The lowest BCUT2D eigenvalue weighted by Gasteiger charge is -2.25. The first kappa shape index (κ1) is 74.5. The molecule has 31 heteroatoms. The molecule has 2 aromatic carbocycles. The SMILES string of the molecule is C=C1CC(Cc2ncccc2C(F)(F)F)=Nc2c1cnn2C1CCOCC1.CC(C)Oc1ccccc1Cc1nc2c(cnn2C2CCOCC2)c(=O)[nH]1.CCC(Cc1nc2c(cnn2C2CCOCC2)c(=O)[nH]1)C(F)(F)F.O=c1[nH]c(Cc2ccccc2OCC2CC2)nc2c1cnn2C1CCOCC1. The summed E-state index contributed by atoms with van der Waals surface area (Å²) in [5, 5.41) is 18.9. The molecule has 5 aliphatic heterocycles. The second-order valence-electron chi connectivity index (χ2n) is 27.7. The van der Waals surface area contributed by atoms with Crippen molar-refractivity contribution in [3.63, 3.8) is 0 Å². The van der Waals surface area contributed by atoms with Gasteiger partial charge in [0.25, 0.3) is 16.7 Å². The fraction of sp³-hybridized carbons (Fsp3) is 0.493. The number of alkyl halides is 6. The highest BCUT2D eigenvalue weighted by Crippen LogP contribution is 2.40. The van der Waals surface area contributed by atoms with Gasteiger partial charge in [-0.2, -0.15) is 46.7 Å². The third-order valence-electron chi connectivity index (χ3n) is 19.7. The van der Waals surface area contributed by atoms with Crippen molar-refractivity contribution in [2.24, 2.45) is 16.8 Å². The summed E-state index contributed by atoms with van der Waals surface area (Å²) in [7, 11) is 0. The van der Waals surface area contributed by atoms with Gasteiger partial charge in [-0.05, 0) is 120 Å². The highest BCUT2D eigenvalue weighted by molar-refractivity contribution is 6.01. The van der Waals surface area contributed by atoms with Crippen LogP contribution in [-0.4, -0.2) is 151 Å². The summed E-state index contributed by atoms with van der Waals surface area (Å²) in [4.78, 5) is 68.0. The van der Waals surface area contributed by atoms with E-state index in [0.717, 1.165) is 97.8 Å². The number of aromatic amines is 3. The van der Waals surface area contributed by atoms with E-state index in [-0.39, 0.29) is 72.2 Å². The van der Waals surface area contributed by atoms with Gasteiger partial charge >= 0.3 is 12.4 Å². The lowest BCUT2D eigenvalue weighted by molar-refractivity contribution is -0.175. The fourth-order valence-electron chi connectivity index (χ4n) is 13.8. The molecule has 10 aromatic rings. The molecule has 1 saturated carbocycles. The number of H-pyrrole nitrogens is 3. The van der Waals surface area contributed by atoms with Gasteiger partial charge in [0, 0.05) is 114 Å². The van der Waals surface area contributed by atoms with Crippen molar-refractivity contribution >= 4 is 50.2 Å². The Morgan fingerprint density at radius 3 is 1.46 bits per heavy atom. The molecule has 4 saturated heterocycles. The molecule has 562 valence electrons. The number of ether oxygens (including phenoxy) is 6. The fourth-order valence-corrected chi connectivity index (χ4v) is 13.8. The van der Waals surface area contributed by atoms with Crippen molar-refractivity contribution in [2.45, 2.75) is 166 Å². The number of benzene rings is 2. The first-order chi connectivity index (χ1) is 51.2. The van der Waals surface area contributed by atoms with Gasteiger partial charge in [0.1, 0.15) is 45.1 Å². The normalized spacial score (nSPS) is 17.5. The third-order valence-corrected chi connectivity index (χ3v) is 19.7. The van der Waals surface area contributed by atoms with Gasteiger partial charge in [-0.25, -0.2) is 38.7 Å². The van der Waals surface area contributed by atoms with Crippen molar-refractivity contribution < 1.29 is 54.8 Å². The number of rotatable bonds is 18. The van der Waals surface area contributed by atoms with Crippen LogP contribution in [0.3, 0.4) is 0 Å². The maximum atomic E-state index is 13.3. The number of nitrogens with zero attached hydrogens (tertiary/aromatic N) is 13. The Balaban J connectivity index is 0.000000125. The Hall–Kier alpha value is -9.72. The standard InChI is InChI=1S/C21H24N4O3.C20H24N4O3.C19H19F3N4O.C15H19F3N4O2/c26-21-17-12-22-25(16-7-9-27-10-8-16)20(17)23-19(24-21)11-15-3-1-2-4-18(15)28-13-14-5-6-14;1-13(2)27-17-6-4-3-5-14(17)11-18-22-19-16(20(25)23-18)12-21-24(19)15-7-9-26-10-8-15;1-12-9-13(10-17-16(19(20,21)22)3-2-6-23-17)25-18-15(12)11-24-26(18)14-4-7-27-8-5-14;1-2-9(15(16,17)18)7-12-20-13-11(14(23)21-12)8-19-22(13)10-3-5-24-6-4-10/h1-4,12,14,16H,5-11,13H2,(H,23,24,26);3-6,12-13,15H,7-11H2,1-2H3,(H,22,23,25);2-3,6,11,14H,1,4-5,7-10H2;8-10H,2-7H2,1H3,(H,20,21,23). The minimum atomic E-state index is -4.44. The van der Waals surface area contributed by atoms with Gasteiger partial charge in [0.15, 0.2) is 22.8 Å². The van der Waals surface area contributed by atoms with Crippen molar-refractivity contribution in [1.29, 1.82) is 0 Å². The summed E-state index contributed by atoms with van der Waals surface area (Å²) in [5.74, 6) is 2.81. The van der Waals surface area contributed by atoms with Crippen LogP contribution in [0.5, 0.6) is 11.5 Å². The largest absolute Gasteiger partial charge is 0.493 e. The average molecular weight is 1470 g/mol. The minimum Gasteiger partial charge on any atom is -0.493 e. The summed E-state index contributed by atoms with van der Waals surface area (Å²) in [5.41, 5.74) is 4.47. The summed E-state index contributed by atoms with van der Waals surface area (Å²) in [6, 6.07) is 18.8. The lowest BCUT2D eigenvalue weighted by atomic mass is 9.97. The number of fused-ring (bicyclic) bond motifs is 4. The highest BCUT2D eigenvalue weighted by atomic mass is 19.4. The molecule has 1 aliphatic carbocycles. The van der Waals surface area contributed by atoms with E-state index in [1.54, 1.807) is 23.3 Å². The van der Waals surface area contributed by atoms with Gasteiger partial charge in [-0.1, -0.05) is 49.9 Å². The lowest BCUT2D eigenvalue weighted by Crippen LogP contribution is -2.26. The van der Waals surface area contributed by atoms with E-state index in [1.165, 1.54) is 38.2 Å². The molecular formula is C75H86F6N16O9. The minimum absolute atomic E-state index is 0.0165. The van der Waals surface area contributed by atoms with Crippen LogP contribution in [0, 0.1) is 11.8 Å². The smallest absolute Gasteiger partial charge is 0.418 e. The first-order valence-corrected chi connectivity index (χ1v) is 36.3. The number of aliphatic imine (C=N–C) groups is 1. The number of para-hydroxylation sites is 2. The molecule has 6 aliphatic rings. The van der Waals surface area contributed by atoms with Crippen LogP contribution >= 0.6 is 0 Å². The van der Waals surface area contributed by atoms with Gasteiger partial charge in [0.2, 0.25) is 0 Å². The highest BCUT2D eigenvalue weighted by Gasteiger charge is 2.39. The molecule has 25 nitrogen and oxygen atoms in total. The number of aromatic nitrogens is 15. The van der Waals surface area contributed by atoms with Gasteiger partial charge in [0.05, 0.1) is 78.8 Å². The van der Waals surface area contributed by atoms with Crippen LogP contribution in [0.2, 0.25) is 0 Å². The second-order valence-corrected chi connectivity index (χ2v) is 27.7. The van der Waals surface area contributed by atoms with E-state index < -0.39 is 29.4 Å². The van der Waals surface area contributed by atoms with Gasteiger partial charge < -0.3 is 43.4 Å². The Morgan fingerprint density at radius 1 is 0.557 bits per heavy atom. The number of allylic oxidation sites excluding steroid dienone is 1. The molecule has 5 fully saturated rings.